The van der Waals surface area contributed by atoms with Crippen molar-refractivity contribution in [2.75, 3.05) is 14.2 Å². The number of nitrogens with zero attached hydrogens (tertiary/aromatic N) is 2. The van der Waals surface area contributed by atoms with Crippen molar-refractivity contribution in [2.24, 2.45) is 5.16 Å². The van der Waals surface area contributed by atoms with E-state index in [1.807, 2.05) is 37.3 Å². The highest BCUT2D eigenvalue weighted by atomic mass is 16.6. The van der Waals surface area contributed by atoms with Crippen molar-refractivity contribution < 1.29 is 9.57 Å². The van der Waals surface area contributed by atoms with Crippen molar-refractivity contribution in [2.45, 2.75) is 6.92 Å². The molecule has 4 nitrogen and oxygen atoms in total. The van der Waals surface area contributed by atoms with Gasteiger partial charge in [0.1, 0.15) is 12.8 Å². The molecule has 2 rings (SSSR count). The summed E-state index contributed by atoms with van der Waals surface area (Å²) in [7, 11) is 3.12. The van der Waals surface area contributed by atoms with Crippen molar-refractivity contribution in [3.8, 4) is 5.88 Å². The molecule has 0 aliphatic rings. The van der Waals surface area contributed by atoms with Crippen molar-refractivity contribution in [1.29, 1.82) is 0 Å². The lowest BCUT2D eigenvalue weighted by atomic mass is 10.0. The molecule has 98 valence electrons. The molecule has 0 radical (unpaired) electrons. The van der Waals surface area contributed by atoms with Crippen LogP contribution in [0.1, 0.15) is 16.7 Å². The van der Waals surface area contributed by atoms with E-state index in [0.29, 0.717) is 5.88 Å². The van der Waals surface area contributed by atoms with Gasteiger partial charge in [0.2, 0.25) is 5.88 Å². The lowest BCUT2D eigenvalue weighted by molar-refractivity contribution is 0.214. The third-order valence-electron chi connectivity index (χ3n) is 2.73. The van der Waals surface area contributed by atoms with Crippen LogP contribution in [0.2, 0.25) is 0 Å². The number of benzene rings is 1. The highest BCUT2D eigenvalue weighted by molar-refractivity contribution is 6.12. The van der Waals surface area contributed by atoms with Gasteiger partial charge in [0.05, 0.1) is 7.11 Å². The minimum atomic E-state index is 0.574. The first-order valence-corrected chi connectivity index (χ1v) is 5.93. The summed E-state index contributed by atoms with van der Waals surface area (Å²) < 4.78 is 5.05. The lowest BCUT2D eigenvalue weighted by Crippen LogP contribution is -2.05. The molecular weight excluding hydrogens is 240 g/mol. The molecule has 19 heavy (non-hydrogen) atoms. The predicted octanol–water partition coefficient (Wildman–Crippen LogP) is 2.80. The van der Waals surface area contributed by atoms with Crippen LogP contribution < -0.4 is 4.74 Å². The maximum absolute atomic E-state index is 5.05. The molecule has 0 unspecified atom stereocenters. The molecule has 0 spiro atoms. The zero-order valence-electron chi connectivity index (χ0n) is 11.3. The number of methoxy groups -OCH3 is 1. The summed E-state index contributed by atoms with van der Waals surface area (Å²) in [6.07, 6.45) is 1.72. The average Bonchev–Trinajstić information content (AvgIpc) is 2.46. The first kappa shape index (κ1) is 13.1. The van der Waals surface area contributed by atoms with Crippen molar-refractivity contribution >= 4 is 5.71 Å². The van der Waals surface area contributed by atoms with Gasteiger partial charge in [0.25, 0.3) is 0 Å². The summed E-state index contributed by atoms with van der Waals surface area (Å²) >= 11 is 0. The van der Waals surface area contributed by atoms with E-state index in [9.17, 15) is 0 Å². The molecular formula is C15H16N2O2. The molecule has 1 aromatic heterocycles. The Hall–Kier alpha value is -2.36. The second-order valence-corrected chi connectivity index (χ2v) is 4.08. The molecule has 0 atom stereocenters. The van der Waals surface area contributed by atoms with Crippen molar-refractivity contribution in [3.63, 3.8) is 0 Å². The van der Waals surface area contributed by atoms with Crippen molar-refractivity contribution in [1.82, 2.24) is 4.98 Å². The standard InChI is InChI=1S/C15H16N2O2/c1-11-4-6-12(7-5-11)15(17-19-3)13-8-9-14(18-2)16-10-13/h4-10H,1-3H3. The SMILES string of the molecule is CON=C(c1ccc(C)cc1)c1ccc(OC)nc1. The van der Waals surface area contributed by atoms with Crippen LogP contribution in [0.15, 0.2) is 47.8 Å². The van der Waals surface area contributed by atoms with E-state index in [4.69, 9.17) is 9.57 Å². The van der Waals surface area contributed by atoms with Gasteiger partial charge in [-0.2, -0.15) is 0 Å². The molecule has 0 amide bonds. The van der Waals surface area contributed by atoms with Crippen LogP contribution in [0.3, 0.4) is 0 Å². The Morgan fingerprint density at radius 2 is 1.68 bits per heavy atom. The van der Waals surface area contributed by atoms with Crippen LogP contribution in [0.4, 0.5) is 0 Å². The Balaban J connectivity index is 2.39. The Labute approximate surface area is 112 Å². The monoisotopic (exact) mass is 256 g/mol. The maximum Gasteiger partial charge on any atom is 0.212 e. The zero-order chi connectivity index (χ0) is 13.7. The summed E-state index contributed by atoms with van der Waals surface area (Å²) in [6, 6.07) is 11.8. The molecule has 1 aromatic carbocycles. The molecule has 4 heteroatoms. The zero-order valence-corrected chi connectivity index (χ0v) is 11.3. The van der Waals surface area contributed by atoms with Gasteiger partial charge in [-0.15, -0.1) is 0 Å². The van der Waals surface area contributed by atoms with Gasteiger partial charge in [-0.3, -0.25) is 0 Å². The third kappa shape index (κ3) is 3.10. The number of hydrogen-bond acceptors (Lipinski definition) is 4. The van der Waals surface area contributed by atoms with E-state index in [0.717, 1.165) is 16.8 Å². The van der Waals surface area contributed by atoms with Crippen LogP contribution in [-0.4, -0.2) is 24.9 Å². The number of ether oxygens (including phenoxy) is 1. The van der Waals surface area contributed by atoms with Gasteiger partial charge in [-0.25, -0.2) is 4.98 Å². The van der Waals surface area contributed by atoms with E-state index in [1.165, 1.54) is 12.7 Å². The van der Waals surface area contributed by atoms with E-state index in [-0.39, 0.29) is 0 Å². The molecule has 0 aliphatic carbocycles. The number of oxime groups is 1. The lowest BCUT2D eigenvalue weighted by Gasteiger charge is -2.07. The van der Waals surface area contributed by atoms with Gasteiger partial charge in [0.15, 0.2) is 0 Å². The van der Waals surface area contributed by atoms with Crippen LogP contribution in [0.5, 0.6) is 5.88 Å². The Morgan fingerprint density at radius 1 is 1.00 bits per heavy atom. The Bertz CT molecular complexity index is 560. The third-order valence-corrected chi connectivity index (χ3v) is 2.73. The van der Waals surface area contributed by atoms with Crippen LogP contribution in [0, 0.1) is 6.92 Å². The van der Waals surface area contributed by atoms with E-state index < -0.39 is 0 Å². The fourth-order valence-corrected chi connectivity index (χ4v) is 1.72. The molecule has 1 heterocycles. The van der Waals surface area contributed by atoms with Gasteiger partial charge in [-0.1, -0.05) is 35.0 Å². The van der Waals surface area contributed by atoms with E-state index in [2.05, 4.69) is 10.1 Å². The van der Waals surface area contributed by atoms with Crippen molar-refractivity contribution in [3.05, 3.63) is 59.3 Å². The average molecular weight is 256 g/mol. The first-order chi connectivity index (χ1) is 9.24. The minimum Gasteiger partial charge on any atom is -0.481 e. The second-order valence-electron chi connectivity index (χ2n) is 4.08. The number of pyridine rings is 1. The highest BCUT2D eigenvalue weighted by Crippen LogP contribution is 2.14. The Kier molecular flexibility index (Phi) is 4.13. The summed E-state index contributed by atoms with van der Waals surface area (Å²) in [4.78, 5) is 9.11. The van der Waals surface area contributed by atoms with Gasteiger partial charge in [0, 0.05) is 23.4 Å². The largest absolute Gasteiger partial charge is 0.481 e. The summed E-state index contributed by atoms with van der Waals surface area (Å²) in [5, 5.41) is 4.09. The summed E-state index contributed by atoms with van der Waals surface area (Å²) in [5.74, 6) is 0.574. The topological polar surface area (TPSA) is 43.7 Å². The predicted molar refractivity (Wildman–Crippen MR) is 74.6 cm³/mol. The van der Waals surface area contributed by atoms with Crippen LogP contribution in [-0.2, 0) is 4.84 Å². The van der Waals surface area contributed by atoms with Crippen LogP contribution in [0.25, 0.3) is 0 Å². The normalized spacial score (nSPS) is 11.2. The number of hydrogen-bond donors (Lipinski definition) is 0. The fraction of sp³-hybridized carbons (Fsp3) is 0.200. The quantitative estimate of drug-likeness (QED) is 0.624. The molecule has 0 bridgehead atoms. The van der Waals surface area contributed by atoms with E-state index in [1.54, 1.807) is 19.4 Å². The Morgan fingerprint density at radius 3 is 2.21 bits per heavy atom. The molecule has 0 N–H and O–H groups in total. The molecule has 0 saturated heterocycles. The smallest absolute Gasteiger partial charge is 0.212 e. The minimum absolute atomic E-state index is 0.574. The fourth-order valence-electron chi connectivity index (χ4n) is 1.72. The maximum atomic E-state index is 5.05. The van der Waals surface area contributed by atoms with Crippen LogP contribution >= 0.6 is 0 Å². The summed E-state index contributed by atoms with van der Waals surface area (Å²) in [6.45, 7) is 2.05. The first-order valence-electron chi connectivity index (χ1n) is 5.93. The van der Waals surface area contributed by atoms with Gasteiger partial charge in [-0.05, 0) is 13.0 Å². The summed E-state index contributed by atoms with van der Waals surface area (Å²) in [5.41, 5.74) is 3.82. The molecule has 2 aromatic rings. The second kappa shape index (κ2) is 6.00. The van der Waals surface area contributed by atoms with Gasteiger partial charge >= 0.3 is 0 Å². The molecule has 0 fully saturated rings. The number of aromatic nitrogens is 1. The number of aryl methyl sites for hydroxylation is 1. The number of rotatable bonds is 4. The molecule has 0 saturated carbocycles. The van der Waals surface area contributed by atoms with Gasteiger partial charge < -0.3 is 9.57 Å². The van der Waals surface area contributed by atoms with E-state index >= 15 is 0 Å². The molecule has 0 aliphatic heterocycles. The highest BCUT2D eigenvalue weighted by Gasteiger charge is 2.08.